The third-order valence-corrected chi connectivity index (χ3v) is 4.49. The summed E-state index contributed by atoms with van der Waals surface area (Å²) >= 11 is -1.46. The molecule has 5 heteroatoms. The summed E-state index contributed by atoms with van der Waals surface area (Å²) in [7, 11) is 0. The van der Waals surface area contributed by atoms with Crippen molar-refractivity contribution >= 4 is 11.3 Å². The maximum absolute atomic E-state index is 11.5. The van der Waals surface area contributed by atoms with Crippen molar-refractivity contribution < 1.29 is 13.1 Å². The molecule has 1 aliphatic heterocycles. The van der Waals surface area contributed by atoms with Gasteiger partial charge in [0.25, 0.3) is 11.3 Å². The molecule has 1 aliphatic rings. The zero-order valence-electron chi connectivity index (χ0n) is 12.8. The number of rotatable bonds is 3. The molecule has 1 N–H and O–H groups in total. The second-order valence-corrected chi connectivity index (χ2v) is 6.33. The number of ether oxygens (including phenoxy) is 1. The van der Waals surface area contributed by atoms with E-state index in [4.69, 9.17) is 8.92 Å². The van der Waals surface area contributed by atoms with Crippen molar-refractivity contribution in [3.8, 4) is 28.4 Å². The molecule has 0 saturated carbocycles. The van der Waals surface area contributed by atoms with Crippen molar-refractivity contribution in [1.82, 2.24) is 4.72 Å². The Hall–Kier alpha value is -2.63. The van der Waals surface area contributed by atoms with E-state index in [2.05, 4.69) is 4.72 Å². The zero-order chi connectivity index (χ0) is 16.4. The average Bonchev–Trinajstić information content (AvgIpc) is 2.62. The fourth-order valence-corrected chi connectivity index (χ4v) is 3.20. The van der Waals surface area contributed by atoms with Crippen LogP contribution in [0.5, 0.6) is 17.2 Å². The molecule has 0 aromatic heterocycles. The maximum Gasteiger partial charge on any atom is 0.288 e. The highest BCUT2D eigenvalue weighted by atomic mass is 32.2. The summed E-state index contributed by atoms with van der Waals surface area (Å²) in [6, 6.07) is 23.5. The maximum atomic E-state index is 11.5. The Labute approximate surface area is 142 Å². The van der Waals surface area contributed by atoms with E-state index in [9.17, 15) is 4.21 Å². The van der Waals surface area contributed by atoms with Gasteiger partial charge < -0.3 is 8.92 Å². The molecular weight excluding hydrogens is 322 g/mol. The molecule has 4 rings (SSSR count). The summed E-state index contributed by atoms with van der Waals surface area (Å²) in [5.74, 6) is 2.25. The molecule has 0 fully saturated rings. The summed E-state index contributed by atoms with van der Waals surface area (Å²) in [6.07, 6.45) is 0. The summed E-state index contributed by atoms with van der Waals surface area (Å²) < 4.78 is 25.3. The third-order valence-electron chi connectivity index (χ3n) is 3.78. The summed E-state index contributed by atoms with van der Waals surface area (Å²) in [4.78, 5) is 0. The van der Waals surface area contributed by atoms with Crippen LogP contribution in [0.1, 0.15) is 5.56 Å². The molecule has 0 bridgehead atoms. The van der Waals surface area contributed by atoms with E-state index in [0.29, 0.717) is 12.3 Å². The fourth-order valence-electron chi connectivity index (χ4n) is 2.55. The highest BCUT2D eigenvalue weighted by Gasteiger charge is 2.16. The predicted octanol–water partition coefficient (Wildman–Crippen LogP) is 4.21. The summed E-state index contributed by atoms with van der Waals surface area (Å²) in [5, 5.41) is 0. The minimum atomic E-state index is -1.46. The summed E-state index contributed by atoms with van der Waals surface area (Å²) in [6.45, 7) is 0.548. The van der Waals surface area contributed by atoms with E-state index in [1.807, 2.05) is 72.8 Å². The number of nitrogens with one attached hydrogen (secondary N) is 1. The minimum Gasteiger partial charge on any atom is -0.457 e. The van der Waals surface area contributed by atoms with Crippen LogP contribution in [0.4, 0.5) is 0 Å². The van der Waals surface area contributed by atoms with Crippen LogP contribution in [0, 0.1) is 0 Å². The molecule has 0 saturated heterocycles. The van der Waals surface area contributed by atoms with Gasteiger partial charge in [0, 0.05) is 12.1 Å². The van der Waals surface area contributed by atoms with E-state index in [1.165, 1.54) is 0 Å². The van der Waals surface area contributed by atoms with Crippen LogP contribution in [0.3, 0.4) is 0 Å². The third kappa shape index (κ3) is 3.18. The van der Waals surface area contributed by atoms with Crippen molar-refractivity contribution in [3.63, 3.8) is 0 Å². The van der Waals surface area contributed by atoms with Crippen LogP contribution in [0.2, 0.25) is 0 Å². The van der Waals surface area contributed by atoms with E-state index < -0.39 is 11.3 Å². The molecule has 0 aliphatic carbocycles. The zero-order valence-corrected chi connectivity index (χ0v) is 13.6. The second-order valence-electron chi connectivity index (χ2n) is 5.40. The Balaban J connectivity index is 1.57. The first kappa shape index (κ1) is 14.9. The molecule has 1 heterocycles. The lowest BCUT2D eigenvalue weighted by atomic mass is 10.0. The van der Waals surface area contributed by atoms with Crippen LogP contribution in [-0.2, 0) is 17.8 Å². The van der Waals surface area contributed by atoms with Crippen molar-refractivity contribution in [2.75, 3.05) is 0 Å². The molecule has 3 aromatic carbocycles. The Kier molecular flexibility index (Phi) is 4.02. The highest BCUT2D eigenvalue weighted by molar-refractivity contribution is 7.78. The Bertz CT molecular complexity index is 879. The average molecular weight is 337 g/mol. The van der Waals surface area contributed by atoms with Gasteiger partial charge in [-0.3, -0.25) is 0 Å². The van der Waals surface area contributed by atoms with Crippen LogP contribution in [-0.4, -0.2) is 4.21 Å². The smallest absolute Gasteiger partial charge is 0.288 e. The number of benzene rings is 3. The molecule has 3 aromatic rings. The minimum absolute atomic E-state index is 0.548. The number of para-hydroxylation sites is 1. The Morgan fingerprint density at radius 1 is 0.875 bits per heavy atom. The van der Waals surface area contributed by atoms with Crippen molar-refractivity contribution in [2.24, 2.45) is 0 Å². The molecule has 1 unspecified atom stereocenters. The van der Waals surface area contributed by atoms with Gasteiger partial charge >= 0.3 is 0 Å². The first-order valence-electron chi connectivity index (χ1n) is 7.58. The van der Waals surface area contributed by atoms with Crippen LogP contribution >= 0.6 is 0 Å². The van der Waals surface area contributed by atoms with Gasteiger partial charge in [-0.1, -0.05) is 42.5 Å². The molecule has 4 nitrogen and oxygen atoms in total. The largest absolute Gasteiger partial charge is 0.457 e. The Morgan fingerprint density at radius 2 is 1.58 bits per heavy atom. The van der Waals surface area contributed by atoms with E-state index in [1.54, 1.807) is 0 Å². The predicted molar refractivity (Wildman–Crippen MR) is 94.0 cm³/mol. The van der Waals surface area contributed by atoms with E-state index >= 15 is 0 Å². The van der Waals surface area contributed by atoms with Crippen molar-refractivity contribution in [1.29, 1.82) is 0 Å². The standard InChI is InChI=1S/C19H15NO3S/c21-24-20-13-16-7-6-15(12-19(16)23-24)14-8-10-18(11-9-14)22-17-4-2-1-3-5-17/h1-12,20H,13H2. The highest BCUT2D eigenvalue weighted by Crippen LogP contribution is 2.31. The topological polar surface area (TPSA) is 47.6 Å². The van der Waals surface area contributed by atoms with Gasteiger partial charge in [-0.2, -0.15) is 8.93 Å². The lowest BCUT2D eigenvalue weighted by molar-refractivity contribution is 0.483. The van der Waals surface area contributed by atoms with Crippen LogP contribution in [0.25, 0.3) is 11.1 Å². The lowest BCUT2D eigenvalue weighted by Gasteiger charge is -2.17. The molecular formula is C19H15NO3S. The lowest BCUT2D eigenvalue weighted by Crippen LogP contribution is -2.26. The van der Waals surface area contributed by atoms with E-state index in [-0.39, 0.29) is 0 Å². The number of fused-ring (bicyclic) bond motifs is 1. The first-order chi connectivity index (χ1) is 11.8. The van der Waals surface area contributed by atoms with E-state index in [0.717, 1.165) is 28.2 Å². The van der Waals surface area contributed by atoms with Crippen LogP contribution < -0.4 is 13.6 Å². The molecule has 120 valence electrons. The molecule has 1 atom stereocenters. The molecule has 24 heavy (non-hydrogen) atoms. The fraction of sp³-hybridized carbons (Fsp3) is 0.0526. The molecule has 0 amide bonds. The van der Waals surface area contributed by atoms with Gasteiger partial charge in [0.15, 0.2) is 0 Å². The van der Waals surface area contributed by atoms with Crippen LogP contribution in [0.15, 0.2) is 72.8 Å². The number of hydrogen-bond donors (Lipinski definition) is 1. The number of hydrogen-bond acceptors (Lipinski definition) is 3. The summed E-state index contributed by atoms with van der Waals surface area (Å²) in [5.41, 5.74) is 3.06. The normalized spacial score (nSPS) is 16.1. The first-order valence-corrected chi connectivity index (χ1v) is 8.65. The quantitative estimate of drug-likeness (QED) is 0.779. The monoisotopic (exact) mass is 337 g/mol. The van der Waals surface area contributed by atoms with Gasteiger partial charge in [-0.25, -0.2) is 0 Å². The van der Waals surface area contributed by atoms with Gasteiger partial charge in [-0.05, 0) is 41.5 Å². The van der Waals surface area contributed by atoms with Gasteiger partial charge in [-0.15, -0.1) is 0 Å². The SMILES string of the molecule is O=S1NCc2ccc(-c3ccc(Oc4ccccc4)cc3)cc2O1. The molecule has 0 radical (unpaired) electrons. The van der Waals surface area contributed by atoms with Gasteiger partial charge in [0.05, 0.1) is 0 Å². The molecule has 0 spiro atoms. The van der Waals surface area contributed by atoms with Crippen molar-refractivity contribution in [3.05, 3.63) is 78.4 Å². The van der Waals surface area contributed by atoms with Gasteiger partial charge in [0.1, 0.15) is 17.2 Å². The Morgan fingerprint density at radius 3 is 2.38 bits per heavy atom. The second kappa shape index (κ2) is 6.47. The van der Waals surface area contributed by atoms with Gasteiger partial charge in [0.2, 0.25) is 0 Å². The van der Waals surface area contributed by atoms with Crippen molar-refractivity contribution in [2.45, 2.75) is 6.54 Å².